The Hall–Kier alpha value is -3.26. The summed E-state index contributed by atoms with van der Waals surface area (Å²) in [5.41, 5.74) is 2.43. The lowest BCUT2D eigenvalue weighted by molar-refractivity contribution is -0.123. The van der Waals surface area contributed by atoms with E-state index in [1.165, 1.54) is 0 Å². The number of rotatable bonds is 4. The molecule has 3 aliphatic heterocycles. The Kier molecular flexibility index (Phi) is 4.92. The Bertz CT molecular complexity index is 950. The minimum atomic E-state index is -0.207. The number of amides is 2. The zero-order valence-corrected chi connectivity index (χ0v) is 16.5. The molecule has 8 heteroatoms. The van der Waals surface area contributed by atoms with Crippen molar-refractivity contribution in [2.75, 3.05) is 56.4 Å². The number of ether oxygens (including phenoxy) is 3. The van der Waals surface area contributed by atoms with Gasteiger partial charge < -0.3 is 29.3 Å². The van der Waals surface area contributed by atoms with E-state index in [0.717, 1.165) is 37.7 Å². The first-order valence-electron chi connectivity index (χ1n) is 10.1. The maximum Gasteiger partial charge on any atom is 0.254 e. The van der Waals surface area contributed by atoms with Crippen LogP contribution in [-0.2, 0) is 9.53 Å². The van der Waals surface area contributed by atoms with Crippen molar-refractivity contribution in [1.29, 1.82) is 0 Å². The fraction of sp³-hybridized carbons (Fsp3) is 0.364. The average Bonchev–Trinajstić information content (AvgIpc) is 3.21. The molecule has 0 atom stereocenters. The zero-order valence-electron chi connectivity index (χ0n) is 16.5. The smallest absolute Gasteiger partial charge is 0.254 e. The number of carbonyl (C=O) groups is 2. The summed E-state index contributed by atoms with van der Waals surface area (Å²) in [6.07, 6.45) is 0. The van der Waals surface area contributed by atoms with Crippen LogP contribution >= 0.6 is 0 Å². The molecule has 3 aliphatic rings. The molecule has 8 nitrogen and oxygen atoms in total. The number of nitrogens with zero attached hydrogens (tertiary/aromatic N) is 2. The number of nitrogens with one attached hydrogen (secondary N) is 1. The van der Waals surface area contributed by atoms with Gasteiger partial charge in [0.05, 0.1) is 19.1 Å². The van der Waals surface area contributed by atoms with E-state index in [1.807, 2.05) is 24.3 Å². The van der Waals surface area contributed by atoms with Crippen molar-refractivity contribution in [2.45, 2.75) is 0 Å². The van der Waals surface area contributed by atoms with Crippen LogP contribution in [0.15, 0.2) is 42.5 Å². The Labute approximate surface area is 174 Å². The molecule has 2 fully saturated rings. The third-order valence-electron chi connectivity index (χ3n) is 5.67. The number of likely N-dealkylation sites (tertiary alicyclic amines) is 1. The number of carbonyl (C=O) groups excluding carboxylic acids is 2. The van der Waals surface area contributed by atoms with Crippen LogP contribution in [0, 0.1) is 5.92 Å². The van der Waals surface area contributed by atoms with E-state index in [1.54, 1.807) is 23.1 Å². The van der Waals surface area contributed by atoms with Crippen LogP contribution in [0.3, 0.4) is 0 Å². The molecule has 0 radical (unpaired) electrons. The minimum Gasteiger partial charge on any atom is -0.454 e. The predicted molar refractivity (Wildman–Crippen MR) is 110 cm³/mol. The fourth-order valence-corrected chi connectivity index (χ4v) is 3.84. The van der Waals surface area contributed by atoms with Gasteiger partial charge in [-0.1, -0.05) is 0 Å². The maximum atomic E-state index is 12.6. The lowest BCUT2D eigenvalue weighted by atomic mass is 9.97. The molecule has 2 amide bonds. The van der Waals surface area contributed by atoms with E-state index in [0.29, 0.717) is 30.2 Å². The van der Waals surface area contributed by atoms with Crippen molar-refractivity contribution in [1.82, 2.24) is 4.90 Å². The number of morpholine rings is 1. The molecule has 1 N–H and O–H groups in total. The van der Waals surface area contributed by atoms with Gasteiger partial charge in [0.1, 0.15) is 0 Å². The molecule has 5 rings (SSSR count). The van der Waals surface area contributed by atoms with Crippen LogP contribution < -0.4 is 19.7 Å². The largest absolute Gasteiger partial charge is 0.454 e. The van der Waals surface area contributed by atoms with Gasteiger partial charge >= 0.3 is 0 Å². The summed E-state index contributed by atoms with van der Waals surface area (Å²) in [7, 11) is 0. The summed E-state index contributed by atoms with van der Waals surface area (Å²) in [4.78, 5) is 29.1. The van der Waals surface area contributed by atoms with Crippen LogP contribution in [0.4, 0.5) is 11.4 Å². The third kappa shape index (κ3) is 3.66. The molecule has 30 heavy (non-hydrogen) atoms. The fourth-order valence-electron chi connectivity index (χ4n) is 3.84. The topological polar surface area (TPSA) is 80.3 Å². The van der Waals surface area contributed by atoms with Crippen molar-refractivity contribution >= 4 is 23.2 Å². The van der Waals surface area contributed by atoms with Gasteiger partial charge in [-0.05, 0) is 42.5 Å². The number of hydrogen-bond donors (Lipinski definition) is 1. The van der Waals surface area contributed by atoms with E-state index in [4.69, 9.17) is 14.2 Å². The van der Waals surface area contributed by atoms with Crippen molar-refractivity contribution in [3.05, 3.63) is 48.0 Å². The number of fused-ring (bicyclic) bond motifs is 1. The normalized spacial score (nSPS) is 18.1. The van der Waals surface area contributed by atoms with Gasteiger partial charge in [-0.2, -0.15) is 0 Å². The standard InChI is InChI=1S/C22H23N3O5/c26-21(23-17-2-4-18(5-3-17)24-7-9-28-10-8-24)16-12-25(13-16)22(27)15-1-6-19-20(11-15)30-14-29-19/h1-6,11,16H,7-10,12-14H2,(H,23,26). The molecule has 2 aromatic carbocycles. The van der Waals surface area contributed by atoms with E-state index < -0.39 is 0 Å². The molecule has 0 aromatic heterocycles. The van der Waals surface area contributed by atoms with E-state index >= 15 is 0 Å². The van der Waals surface area contributed by atoms with Gasteiger partial charge in [-0.15, -0.1) is 0 Å². The molecule has 0 unspecified atom stereocenters. The summed E-state index contributed by atoms with van der Waals surface area (Å²) < 4.78 is 16.0. The molecule has 156 valence electrons. The van der Waals surface area contributed by atoms with Crippen LogP contribution in [0.5, 0.6) is 11.5 Å². The molecule has 0 bridgehead atoms. The summed E-state index contributed by atoms with van der Waals surface area (Å²) in [5, 5.41) is 2.95. The Morgan fingerprint density at radius 1 is 0.933 bits per heavy atom. The summed E-state index contributed by atoms with van der Waals surface area (Å²) in [6, 6.07) is 13.0. The first-order chi connectivity index (χ1) is 14.7. The van der Waals surface area contributed by atoms with Crippen LogP contribution in [0.1, 0.15) is 10.4 Å². The van der Waals surface area contributed by atoms with Gasteiger partial charge in [-0.3, -0.25) is 9.59 Å². The lowest BCUT2D eigenvalue weighted by Gasteiger charge is -2.38. The molecule has 3 heterocycles. The van der Waals surface area contributed by atoms with E-state index in [9.17, 15) is 9.59 Å². The van der Waals surface area contributed by atoms with Crippen molar-refractivity contribution in [2.24, 2.45) is 5.92 Å². The van der Waals surface area contributed by atoms with Crippen LogP contribution in [0.2, 0.25) is 0 Å². The number of benzene rings is 2. The molecular weight excluding hydrogens is 386 g/mol. The average molecular weight is 409 g/mol. The molecular formula is C22H23N3O5. The monoisotopic (exact) mass is 409 g/mol. The van der Waals surface area contributed by atoms with Crippen LogP contribution in [0.25, 0.3) is 0 Å². The van der Waals surface area contributed by atoms with Gasteiger partial charge in [0.15, 0.2) is 11.5 Å². The molecule has 0 saturated carbocycles. The van der Waals surface area contributed by atoms with Gasteiger partial charge in [-0.25, -0.2) is 0 Å². The molecule has 0 aliphatic carbocycles. The number of anilines is 2. The van der Waals surface area contributed by atoms with Crippen molar-refractivity contribution in [3.63, 3.8) is 0 Å². The van der Waals surface area contributed by atoms with E-state index in [2.05, 4.69) is 10.2 Å². The zero-order chi connectivity index (χ0) is 20.5. The first kappa shape index (κ1) is 18.7. The van der Waals surface area contributed by atoms with Crippen LogP contribution in [-0.4, -0.2) is 62.9 Å². The van der Waals surface area contributed by atoms with Gasteiger partial charge in [0.2, 0.25) is 12.7 Å². The highest BCUT2D eigenvalue weighted by atomic mass is 16.7. The highest BCUT2D eigenvalue weighted by molar-refractivity contribution is 5.99. The van der Waals surface area contributed by atoms with Gasteiger partial charge in [0, 0.05) is 43.1 Å². The minimum absolute atomic E-state index is 0.0659. The van der Waals surface area contributed by atoms with Crippen molar-refractivity contribution < 1.29 is 23.8 Å². The second-order valence-electron chi connectivity index (χ2n) is 7.61. The molecule has 2 saturated heterocycles. The Balaban J connectivity index is 1.13. The SMILES string of the molecule is O=C(Nc1ccc(N2CCOCC2)cc1)C1CN(C(=O)c2ccc3c(c2)OCO3)C1. The quantitative estimate of drug-likeness (QED) is 0.832. The Morgan fingerprint density at radius 2 is 1.67 bits per heavy atom. The second-order valence-corrected chi connectivity index (χ2v) is 7.61. The van der Waals surface area contributed by atoms with Crippen molar-refractivity contribution in [3.8, 4) is 11.5 Å². The lowest BCUT2D eigenvalue weighted by Crippen LogP contribution is -2.54. The highest BCUT2D eigenvalue weighted by Crippen LogP contribution is 2.33. The predicted octanol–water partition coefficient (Wildman–Crippen LogP) is 1.96. The number of hydrogen-bond acceptors (Lipinski definition) is 6. The van der Waals surface area contributed by atoms with E-state index in [-0.39, 0.29) is 24.5 Å². The first-order valence-corrected chi connectivity index (χ1v) is 10.1. The maximum absolute atomic E-state index is 12.6. The highest BCUT2D eigenvalue weighted by Gasteiger charge is 2.36. The molecule has 0 spiro atoms. The summed E-state index contributed by atoms with van der Waals surface area (Å²) in [5.74, 6) is 0.848. The summed E-state index contributed by atoms with van der Waals surface area (Å²) in [6.45, 7) is 4.22. The Morgan fingerprint density at radius 3 is 2.43 bits per heavy atom. The second kappa shape index (κ2) is 7.87. The third-order valence-corrected chi connectivity index (χ3v) is 5.67. The summed E-state index contributed by atoms with van der Waals surface area (Å²) >= 11 is 0. The molecule has 2 aromatic rings. The van der Waals surface area contributed by atoms with Gasteiger partial charge in [0.25, 0.3) is 5.91 Å².